The van der Waals surface area contributed by atoms with Crippen LogP contribution in [0.3, 0.4) is 0 Å². The summed E-state index contributed by atoms with van der Waals surface area (Å²) in [5.74, 6) is 0.120. The minimum atomic E-state index is -0.260. The molecule has 1 fully saturated rings. The van der Waals surface area contributed by atoms with Crippen LogP contribution in [0.1, 0.15) is 38.3 Å². The van der Waals surface area contributed by atoms with Gasteiger partial charge in [0.15, 0.2) is 0 Å². The predicted molar refractivity (Wildman–Crippen MR) is 110 cm³/mol. The maximum atomic E-state index is 12.6. The molecular formula is C23H28N2O3. The fourth-order valence-corrected chi connectivity index (χ4v) is 3.31. The number of amides is 2. The zero-order chi connectivity index (χ0) is 20.3. The minimum absolute atomic E-state index is 0.0669. The Balaban J connectivity index is 1.53. The van der Waals surface area contributed by atoms with E-state index in [1.807, 2.05) is 48.5 Å². The molecule has 2 amide bonds. The second kappa shape index (κ2) is 8.05. The highest BCUT2D eigenvalue weighted by Crippen LogP contribution is 2.40. The van der Waals surface area contributed by atoms with Crippen molar-refractivity contribution in [2.75, 3.05) is 12.4 Å². The van der Waals surface area contributed by atoms with Crippen LogP contribution >= 0.6 is 0 Å². The molecule has 2 unspecified atom stereocenters. The van der Waals surface area contributed by atoms with Crippen molar-refractivity contribution < 1.29 is 14.3 Å². The molecule has 2 atom stereocenters. The summed E-state index contributed by atoms with van der Waals surface area (Å²) in [7, 11) is 1.62. The first-order valence-corrected chi connectivity index (χ1v) is 9.60. The number of carbonyl (C=O) groups is 2. The second-order valence-corrected chi connectivity index (χ2v) is 8.30. The number of carbonyl (C=O) groups excluding carboxylic acids is 2. The monoisotopic (exact) mass is 380 g/mol. The van der Waals surface area contributed by atoms with Gasteiger partial charge in [-0.05, 0) is 41.2 Å². The minimum Gasteiger partial charge on any atom is -0.497 e. The maximum Gasteiger partial charge on any atom is 0.228 e. The van der Waals surface area contributed by atoms with E-state index in [0.717, 1.165) is 22.6 Å². The highest BCUT2D eigenvalue weighted by atomic mass is 16.5. The molecule has 5 heteroatoms. The lowest BCUT2D eigenvalue weighted by atomic mass is 9.86. The number of benzene rings is 2. The zero-order valence-corrected chi connectivity index (χ0v) is 16.9. The summed E-state index contributed by atoms with van der Waals surface area (Å²) < 4.78 is 5.13. The van der Waals surface area contributed by atoms with Gasteiger partial charge in [-0.15, -0.1) is 0 Å². The Morgan fingerprint density at radius 3 is 2.29 bits per heavy atom. The molecule has 1 aliphatic rings. The van der Waals surface area contributed by atoms with E-state index in [4.69, 9.17) is 4.74 Å². The quantitative estimate of drug-likeness (QED) is 0.799. The van der Waals surface area contributed by atoms with E-state index in [1.165, 1.54) is 0 Å². The van der Waals surface area contributed by atoms with Crippen LogP contribution in [0.2, 0.25) is 0 Å². The van der Waals surface area contributed by atoms with Crippen molar-refractivity contribution >= 4 is 17.5 Å². The molecule has 148 valence electrons. The zero-order valence-electron chi connectivity index (χ0n) is 16.9. The highest BCUT2D eigenvalue weighted by Gasteiger charge is 2.48. The molecular weight excluding hydrogens is 352 g/mol. The summed E-state index contributed by atoms with van der Waals surface area (Å²) in [5, 5.41) is 5.94. The lowest BCUT2D eigenvalue weighted by Gasteiger charge is -2.23. The average molecular weight is 380 g/mol. The number of ether oxygens (including phenoxy) is 1. The first-order chi connectivity index (χ1) is 13.3. The molecule has 2 aromatic rings. The van der Waals surface area contributed by atoms with Gasteiger partial charge >= 0.3 is 0 Å². The molecule has 0 heterocycles. The summed E-state index contributed by atoms with van der Waals surface area (Å²) in [6.45, 7) is 6.79. The first kappa shape index (κ1) is 19.9. The number of anilines is 1. The van der Waals surface area contributed by atoms with Crippen molar-refractivity contribution in [1.82, 2.24) is 5.32 Å². The molecule has 0 aromatic heterocycles. The van der Waals surface area contributed by atoms with E-state index in [0.29, 0.717) is 13.0 Å². The Bertz CT molecular complexity index is 853. The summed E-state index contributed by atoms with van der Waals surface area (Å²) in [6.07, 6.45) is 0.595. The van der Waals surface area contributed by atoms with Crippen molar-refractivity contribution in [3.8, 4) is 5.75 Å². The highest BCUT2D eigenvalue weighted by molar-refractivity contribution is 6.00. The molecule has 0 aliphatic heterocycles. The Morgan fingerprint density at radius 1 is 1.00 bits per heavy atom. The SMILES string of the molecule is COc1ccc(CNC(=O)C2CC2C(=O)Nc2ccccc2C(C)(C)C)cc1. The van der Waals surface area contributed by atoms with E-state index >= 15 is 0 Å². The largest absolute Gasteiger partial charge is 0.497 e. The van der Waals surface area contributed by atoms with Crippen molar-refractivity contribution in [1.29, 1.82) is 0 Å². The summed E-state index contributed by atoms with van der Waals surface area (Å²) in [6, 6.07) is 15.4. The van der Waals surface area contributed by atoms with E-state index < -0.39 is 0 Å². The summed E-state index contributed by atoms with van der Waals surface area (Å²) in [5.41, 5.74) is 2.84. The molecule has 0 spiro atoms. The third kappa shape index (κ3) is 4.71. The second-order valence-electron chi connectivity index (χ2n) is 8.30. The molecule has 3 rings (SSSR count). The average Bonchev–Trinajstić information content (AvgIpc) is 3.47. The van der Waals surface area contributed by atoms with Gasteiger partial charge in [0.2, 0.25) is 11.8 Å². The molecule has 5 nitrogen and oxygen atoms in total. The number of nitrogens with one attached hydrogen (secondary N) is 2. The Morgan fingerprint density at radius 2 is 1.64 bits per heavy atom. The molecule has 0 bridgehead atoms. The molecule has 2 aromatic carbocycles. The predicted octanol–water partition coefficient (Wildman–Crippen LogP) is 3.88. The van der Waals surface area contributed by atoms with Crippen LogP contribution in [0.25, 0.3) is 0 Å². The third-order valence-corrected chi connectivity index (χ3v) is 5.08. The number of rotatable bonds is 6. The molecule has 2 N–H and O–H groups in total. The lowest BCUT2D eigenvalue weighted by molar-refractivity contribution is -0.125. The Labute approximate surface area is 166 Å². The van der Waals surface area contributed by atoms with Crippen LogP contribution < -0.4 is 15.4 Å². The normalized spacial score (nSPS) is 18.3. The van der Waals surface area contributed by atoms with Crippen LogP contribution in [-0.2, 0) is 21.5 Å². The van der Waals surface area contributed by atoms with Gasteiger partial charge in [-0.25, -0.2) is 0 Å². The van der Waals surface area contributed by atoms with Crippen LogP contribution in [0, 0.1) is 11.8 Å². The Kier molecular flexibility index (Phi) is 5.73. The number of hydrogen-bond acceptors (Lipinski definition) is 3. The van der Waals surface area contributed by atoms with Crippen molar-refractivity contribution in [2.45, 2.75) is 39.2 Å². The van der Waals surface area contributed by atoms with E-state index in [9.17, 15) is 9.59 Å². The summed E-state index contributed by atoms with van der Waals surface area (Å²) >= 11 is 0. The van der Waals surface area contributed by atoms with Crippen LogP contribution in [0.5, 0.6) is 5.75 Å². The van der Waals surface area contributed by atoms with Crippen molar-refractivity contribution in [2.24, 2.45) is 11.8 Å². The fourth-order valence-electron chi connectivity index (χ4n) is 3.31. The van der Waals surface area contributed by atoms with Gasteiger partial charge in [0, 0.05) is 12.2 Å². The van der Waals surface area contributed by atoms with Gasteiger partial charge in [0.1, 0.15) is 5.75 Å². The van der Waals surface area contributed by atoms with E-state index in [2.05, 4.69) is 31.4 Å². The number of para-hydroxylation sites is 1. The van der Waals surface area contributed by atoms with Gasteiger partial charge < -0.3 is 15.4 Å². The molecule has 1 saturated carbocycles. The topological polar surface area (TPSA) is 67.4 Å². The molecule has 1 aliphatic carbocycles. The van der Waals surface area contributed by atoms with Crippen molar-refractivity contribution in [3.63, 3.8) is 0 Å². The summed E-state index contributed by atoms with van der Waals surface area (Å²) in [4.78, 5) is 25.0. The smallest absolute Gasteiger partial charge is 0.228 e. The van der Waals surface area contributed by atoms with Crippen LogP contribution in [-0.4, -0.2) is 18.9 Å². The number of hydrogen-bond donors (Lipinski definition) is 2. The van der Waals surface area contributed by atoms with Gasteiger partial charge in [-0.3, -0.25) is 9.59 Å². The van der Waals surface area contributed by atoms with Crippen LogP contribution in [0.4, 0.5) is 5.69 Å². The first-order valence-electron chi connectivity index (χ1n) is 9.60. The molecule has 28 heavy (non-hydrogen) atoms. The van der Waals surface area contributed by atoms with Gasteiger partial charge in [0.25, 0.3) is 0 Å². The lowest BCUT2D eigenvalue weighted by Crippen LogP contribution is -2.27. The molecule has 0 saturated heterocycles. The van der Waals surface area contributed by atoms with Crippen molar-refractivity contribution in [3.05, 3.63) is 59.7 Å². The third-order valence-electron chi connectivity index (χ3n) is 5.08. The fraction of sp³-hybridized carbons (Fsp3) is 0.391. The van der Waals surface area contributed by atoms with Crippen LogP contribution in [0.15, 0.2) is 48.5 Å². The van der Waals surface area contributed by atoms with Gasteiger partial charge in [0.05, 0.1) is 18.9 Å². The maximum absolute atomic E-state index is 12.6. The Hall–Kier alpha value is -2.82. The van der Waals surface area contributed by atoms with Gasteiger partial charge in [-0.1, -0.05) is 51.1 Å². The molecule has 0 radical (unpaired) electrons. The van der Waals surface area contributed by atoms with Gasteiger partial charge in [-0.2, -0.15) is 0 Å². The number of methoxy groups -OCH3 is 1. The van der Waals surface area contributed by atoms with E-state index in [1.54, 1.807) is 7.11 Å². The standard InChI is InChI=1S/C23H28N2O3/c1-23(2,3)19-7-5-6-8-20(19)25-22(27)18-13-17(18)21(26)24-14-15-9-11-16(28-4)12-10-15/h5-12,17-18H,13-14H2,1-4H3,(H,24,26)(H,25,27). The van der Waals surface area contributed by atoms with E-state index in [-0.39, 0.29) is 29.1 Å².